The van der Waals surface area contributed by atoms with Crippen molar-refractivity contribution in [2.75, 3.05) is 13.2 Å². The number of aliphatic hydroxyl groups is 1. The monoisotopic (exact) mass is 594 g/mol. The van der Waals surface area contributed by atoms with E-state index in [9.17, 15) is 5.11 Å². The van der Waals surface area contributed by atoms with Crippen LogP contribution in [0.2, 0.25) is 0 Å². The minimum absolute atomic E-state index is 0.00414. The molecule has 0 spiro atoms. The number of rotatable bonds is 7. The fourth-order valence-electron chi connectivity index (χ4n) is 7.18. The first-order valence-electron chi connectivity index (χ1n) is 16.3. The Bertz CT molecular complexity index is 1760. The van der Waals surface area contributed by atoms with Crippen molar-refractivity contribution in [1.82, 2.24) is 0 Å². The van der Waals surface area contributed by atoms with Gasteiger partial charge in [-0.25, -0.2) is 0 Å². The molecule has 0 bridgehead atoms. The summed E-state index contributed by atoms with van der Waals surface area (Å²) in [6, 6.07) is 33.8. The molecule has 6 rings (SSSR count). The summed E-state index contributed by atoms with van der Waals surface area (Å²) in [5.41, 5.74) is 11.3. The smallest absolute Gasteiger partial charge is 0.119 e. The average molecular weight is 595 g/mol. The summed E-state index contributed by atoms with van der Waals surface area (Å²) < 4.78 is 5.82. The first kappa shape index (κ1) is 30.9. The van der Waals surface area contributed by atoms with Crippen molar-refractivity contribution in [3.8, 4) is 16.9 Å². The zero-order valence-corrected chi connectivity index (χ0v) is 27.6. The van der Waals surface area contributed by atoms with Crippen LogP contribution in [0.5, 0.6) is 5.75 Å². The van der Waals surface area contributed by atoms with Gasteiger partial charge in [-0.2, -0.15) is 0 Å². The average Bonchev–Trinajstić information content (AvgIpc) is 3.33. The molecule has 2 nitrogen and oxygen atoms in total. The van der Waals surface area contributed by atoms with Crippen LogP contribution in [0.4, 0.5) is 0 Å². The molecule has 1 N–H and O–H groups in total. The van der Waals surface area contributed by atoms with Crippen molar-refractivity contribution in [2.24, 2.45) is 11.3 Å². The Kier molecular flexibility index (Phi) is 8.22. The number of hydrogen-bond donors (Lipinski definition) is 1. The highest BCUT2D eigenvalue weighted by Gasteiger charge is 2.49. The molecule has 0 aromatic heterocycles. The Balaban J connectivity index is 1.66. The molecule has 2 unspecified atom stereocenters. The van der Waals surface area contributed by atoms with E-state index in [0.717, 1.165) is 12.2 Å². The Morgan fingerprint density at radius 3 is 2.11 bits per heavy atom. The zero-order chi connectivity index (χ0) is 31.8. The molecule has 230 valence electrons. The molecule has 0 fully saturated rings. The molecule has 0 aliphatic heterocycles. The van der Waals surface area contributed by atoms with Gasteiger partial charge in [0.25, 0.3) is 0 Å². The van der Waals surface area contributed by atoms with E-state index < -0.39 is 5.41 Å². The molecule has 45 heavy (non-hydrogen) atoms. The molecular formula is C43H46O2. The van der Waals surface area contributed by atoms with Crippen LogP contribution in [0.3, 0.4) is 0 Å². The third kappa shape index (κ3) is 5.85. The van der Waals surface area contributed by atoms with Crippen LogP contribution in [-0.2, 0) is 10.8 Å². The van der Waals surface area contributed by atoms with Crippen LogP contribution in [0.25, 0.3) is 16.7 Å². The molecule has 0 radical (unpaired) electrons. The van der Waals surface area contributed by atoms with Crippen LogP contribution in [-0.4, -0.2) is 18.3 Å². The molecule has 4 aromatic rings. The van der Waals surface area contributed by atoms with Gasteiger partial charge in [0.1, 0.15) is 12.4 Å². The highest BCUT2D eigenvalue weighted by Crippen LogP contribution is 2.59. The van der Waals surface area contributed by atoms with E-state index >= 15 is 0 Å². The second kappa shape index (κ2) is 12.0. The number of aliphatic hydroxyl groups excluding tert-OH is 1. The minimum atomic E-state index is -0.401. The summed E-state index contributed by atoms with van der Waals surface area (Å²) in [6.07, 6.45) is 12.5. The fourth-order valence-corrected chi connectivity index (χ4v) is 7.18. The quantitative estimate of drug-likeness (QED) is 0.231. The number of benzene rings is 4. The van der Waals surface area contributed by atoms with Crippen LogP contribution in [0.1, 0.15) is 81.3 Å². The first-order valence-corrected chi connectivity index (χ1v) is 16.3. The maximum Gasteiger partial charge on any atom is 0.119 e. The Morgan fingerprint density at radius 1 is 0.800 bits per heavy atom. The molecule has 0 amide bonds. The minimum Gasteiger partial charge on any atom is -0.491 e. The molecule has 4 aromatic carbocycles. The van der Waals surface area contributed by atoms with E-state index in [1.54, 1.807) is 0 Å². The van der Waals surface area contributed by atoms with Gasteiger partial charge in [0, 0.05) is 0 Å². The summed E-state index contributed by atoms with van der Waals surface area (Å²) in [4.78, 5) is 0. The molecule has 0 saturated heterocycles. The third-order valence-electron chi connectivity index (χ3n) is 9.22. The van der Waals surface area contributed by atoms with Crippen LogP contribution < -0.4 is 4.74 Å². The molecule has 2 aliphatic carbocycles. The van der Waals surface area contributed by atoms with Crippen molar-refractivity contribution >= 4 is 5.57 Å². The second-order valence-corrected chi connectivity index (χ2v) is 14.6. The largest absolute Gasteiger partial charge is 0.491 e. The van der Waals surface area contributed by atoms with Gasteiger partial charge in [-0.1, -0.05) is 145 Å². The number of fused-ring (bicyclic) bond motifs is 3. The number of hydrogen-bond acceptors (Lipinski definition) is 2. The second-order valence-electron chi connectivity index (χ2n) is 14.6. The highest BCUT2D eigenvalue weighted by atomic mass is 16.5. The molecule has 2 aliphatic rings. The summed E-state index contributed by atoms with van der Waals surface area (Å²) in [5, 5.41) is 9.36. The molecular weight excluding hydrogens is 548 g/mol. The van der Waals surface area contributed by atoms with E-state index in [0.29, 0.717) is 0 Å². The Labute approximate surface area is 269 Å². The maximum absolute atomic E-state index is 9.36. The van der Waals surface area contributed by atoms with Gasteiger partial charge in [-0.15, -0.1) is 0 Å². The van der Waals surface area contributed by atoms with Crippen LogP contribution >= 0.6 is 0 Å². The number of ether oxygens (including phenoxy) is 1. The summed E-state index contributed by atoms with van der Waals surface area (Å²) in [7, 11) is 0. The van der Waals surface area contributed by atoms with Gasteiger partial charge in [-0.05, 0) is 91.4 Å². The van der Waals surface area contributed by atoms with Gasteiger partial charge in [0.15, 0.2) is 0 Å². The Hall–Kier alpha value is -4.14. The first-order chi connectivity index (χ1) is 21.5. The van der Waals surface area contributed by atoms with Crippen LogP contribution in [0, 0.1) is 11.3 Å². The van der Waals surface area contributed by atoms with Gasteiger partial charge < -0.3 is 9.84 Å². The van der Waals surface area contributed by atoms with Crippen molar-refractivity contribution in [3.63, 3.8) is 0 Å². The van der Waals surface area contributed by atoms with Gasteiger partial charge in [0.2, 0.25) is 0 Å². The topological polar surface area (TPSA) is 29.5 Å². The lowest BCUT2D eigenvalue weighted by atomic mass is 9.61. The lowest BCUT2D eigenvalue weighted by Gasteiger charge is -2.40. The lowest BCUT2D eigenvalue weighted by molar-refractivity contribution is 0.201. The van der Waals surface area contributed by atoms with E-state index in [4.69, 9.17) is 4.74 Å². The van der Waals surface area contributed by atoms with Gasteiger partial charge in [0.05, 0.1) is 12.0 Å². The lowest BCUT2D eigenvalue weighted by Crippen LogP contribution is -2.36. The summed E-state index contributed by atoms with van der Waals surface area (Å²) in [6.45, 7) is 14.0. The summed E-state index contributed by atoms with van der Waals surface area (Å²) >= 11 is 0. The summed E-state index contributed by atoms with van der Waals surface area (Å²) in [5.74, 6) is 1.00. The SMILES string of the molecule is CC(C)(C)C=C(c1ccccc1)c1ccc2c(c1)C(c1ccc(OCCO)cc1)(C1C=CC=CC1)c1cc(C(C)(C)C)ccc1-2. The van der Waals surface area contributed by atoms with E-state index in [1.165, 1.54) is 50.1 Å². The van der Waals surface area contributed by atoms with Crippen LogP contribution in [0.15, 0.2) is 121 Å². The Morgan fingerprint density at radius 2 is 1.49 bits per heavy atom. The normalized spacial score (nSPS) is 19.4. The van der Waals surface area contributed by atoms with Gasteiger partial charge >= 0.3 is 0 Å². The molecule has 2 atom stereocenters. The van der Waals surface area contributed by atoms with E-state index in [2.05, 4.69) is 163 Å². The maximum atomic E-state index is 9.36. The predicted molar refractivity (Wildman–Crippen MR) is 189 cm³/mol. The van der Waals surface area contributed by atoms with E-state index in [1.807, 2.05) is 0 Å². The van der Waals surface area contributed by atoms with Crippen molar-refractivity contribution in [2.45, 2.75) is 58.8 Å². The van der Waals surface area contributed by atoms with Gasteiger partial charge in [-0.3, -0.25) is 0 Å². The van der Waals surface area contributed by atoms with Crippen molar-refractivity contribution < 1.29 is 9.84 Å². The molecule has 2 heteroatoms. The van der Waals surface area contributed by atoms with E-state index in [-0.39, 0.29) is 30.0 Å². The zero-order valence-electron chi connectivity index (χ0n) is 27.6. The molecule has 0 heterocycles. The fraction of sp³-hybridized carbons (Fsp3) is 0.302. The molecule has 0 saturated carbocycles. The standard InChI is InChI=1S/C43H46O2/c1-41(2,3)29-38(30-13-9-7-10-14-30)31-17-23-36-37-24-20-34(42(4,5)6)28-40(37)43(39(36)27-31,32-15-11-8-12-16-32)33-18-21-35(22-19-33)45-26-25-44/h7-15,17-24,27-29,32,44H,16,25-26H2,1-6H3. The third-order valence-corrected chi connectivity index (χ3v) is 9.22. The predicted octanol–water partition coefficient (Wildman–Crippen LogP) is 10.3. The number of allylic oxidation sites excluding steroid dienone is 5. The van der Waals surface area contributed by atoms with Crippen molar-refractivity contribution in [1.29, 1.82) is 0 Å². The highest BCUT2D eigenvalue weighted by molar-refractivity contribution is 5.88. The van der Waals surface area contributed by atoms with Crippen molar-refractivity contribution in [3.05, 3.63) is 155 Å².